The van der Waals surface area contributed by atoms with E-state index in [-0.39, 0.29) is 10.8 Å². The lowest BCUT2D eigenvalue weighted by molar-refractivity contribution is -0.218. The summed E-state index contributed by atoms with van der Waals surface area (Å²) in [5.74, 6) is 0. The first-order valence-corrected chi connectivity index (χ1v) is 7.99. The van der Waals surface area contributed by atoms with Crippen LogP contribution in [-0.2, 0) is 9.05 Å². The molecule has 0 saturated carbocycles. The minimum atomic E-state index is -3.19. The summed E-state index contributed by atoms with van der Waals surface area (Å²) < 4.78 is 10.2. The molecule has 0 amide bonds. The number of hydrogen-bond acceptors (Lipinski definition) is 3. The van der Waals surface area contributed by atoms with Crippen LogP contribution in [0.3, 0.4) is 0 Å². The molecular weight excluding hydrogens is 303 g/mol. The molecule has 1 aliphatic heterocycles. The second-order valence-electron chi connectivity index (χ2n) is 6.45. The molecule has 0 aromatic carbocycles. The number of hydrogen-bond donors (Lipinski definition) is 0. The first-order chi connectivity index (χ1) is 7.36. The summed E-state index contributed by atoms with van der Waals surface area (Å²) in [4.78, 5) is 12.7. The molecule has 0 aliphatic carbocycles. The Hall–Kier alpha value is 0.530. The van der Waals surface area contributed by atoms with Crippen molar-refractivity contribution >= 4 is 23.9 Å². The van der Waals surface area contributed by atoms with Gasteiger partial charge in [-0.25, -0.2) is 4.52 Å². The third kappa shape index (κ3) is 2.76. The van der Waals surface area contributed by atoms with Gasteiger partial charge in [0.2, 0.25) is 0 Å². The third-order valence-electron chi connectivity index (χ3n) is 2.90. The van der Waals surface area contributed by atoms with Crippen molar-refractivity contribution in [2.24, 2.45) is 10.8 Å². The highest BCUT2D eigenvalue weighted by atomic mass is 79.9. The molecular formula is C12H22BrO3P. The van der Waals surface area contributed by atoms with E-state index >= 15 is 0 Å². The van der Waals surface area contributed by atoms with Crippen molar-refractivity contribution in [2.75, 3.05) is 7.11 Å². The number of alkyl halides is 1. The van der Waals surface area contributed by atoms with E-state index in [9.17, 15) is 4.89 Å². The van der Waals surface area contributed by atoms with E-state index in [1.54, 1.807) is 0 Å². The standard InChI is InChI=1S/C12H22BrO3P/c1-10(2,3)9-8-12(13,11(4,5)6)16-17(9,14)15-7/h8H,1-7H3. The van der Waals surface area contributed by atoms with Gasteiger partial charge in [0.05, 0.1) is 7.11 Å². The van der Waals surface area contributed by atoms with E-state index in [1.807, 2.05) is 47.6 Å². The van der Waals surface area contributed by atoms with Gasteiger partial charge in [-0.3, -0.25) is 0 Å². The van der Waals surface area contributed by atoms with Crippen LogP contribution >= 0.6 is 23.9 Å². The van der Waals surface area contributed by atoms with Crippen LogP contribution in [0.4, 0.5) is 0 Å². The Morgan fingerprint density at radius 2 is 1.76 bits per heavy atom. The second kappa shape index (κ2) is 4.28. The maximum atomic E-state index is 12.7. The SMILES string of the molecule is CO[P+]1([O-])OC(Br)(C(C)(C)C)C=C1C(C)(C)C. The first-order valence-electron chi connectivity index (χ1n) is 5.65. The van der Waals surface area contributed by atoms with Crippen molar-refractivity contribution in [1.82, 2.24) is 0 Å². The Morgan fingerprint density at radius 3 is 2.00 bits per heavy atom. The lowest BCUT2D eigenvalue weighted by atomic mass is 9.86. The maximum Gasteiger partial charge on any atom is 0.269 e. The number of allylic oxidation sites excluding steroid dienone is 1. The number of rotatable bonds is 1. The van der Waals surface area contributed by atoms with E-state index < -0.39 is 12.5 Å². The lowest BCUT2D eigenvalue weighted by Crippen LogP contribution is -2.36. The molecule has 0 saturated heterocycles. The van der Waals surface area contributed by atoms with Crippen LogP contribution in [0.15, 0.2) is 11.4 Å². The smallest absolute Gasteiger partial charge is 0.269 e. The van der Waals surface area contributed by atoms with E-state index in [2.05, 4.69) is 15.9 Å². The average molecular weight is 325 g/mol. The predicted octanol–water partition coefficient (Wildman–Crippen LogP) is 3.85. The molecule has 2 unspecified atom stereocenters. The molecule has 0 aromatic rings. The Morgan fingerprint density at radius 1 is 1.29 bits per heavy atom. The maximum absolute atomic E-state index is 12.7. The van der Waals surface area contributed by atoms with Crippen molar-refractivity contribution in [1.29, 1.82) is 0 Å². The van der Waals surface area contributed by atoms with Gasteiger partial charge in [0.1, 0.15) is 5.31 Å². The largest absolute Gasteiger partial charge is 0.627 e. The molecule has 1 aliphatic rings. The average Bonchev–Trinajstić information content (AvgIpc) is 2.39. The number of halogens is 1. The highest BCUT2D eigenvalue weighted by Gasteiger charge is 2.59. The lowest BCUT2D eigenvalue weighted by Gasteiger charge is -2.35. The molecule has 5 heteroatoms. The molecule has 100 valence electrons. The molecule has 0 N–H and O–H groups in total. The molecule has 0 bridgehead atoms. The van der Waals surface area contributed by atoms with Crippen molar-refractivity contribution in [2.45, 2.75) is 46.1 Å². The van der Waals surface area contributed by atoms with E-state index in [0.29, 0.717) is 0 Å². The molecule has 17 heavy (non-hydrogen) atoms. The van der Waals surface area contributed by atoms with Gasteiger partial charge in [-0.2, -0.15) is 4.52 Å². The van der Waals surface area contributed by atoms with Gasteiger partial charge in [0.15, 0.2) is 4.51 Å². The zero-order valence-electron chi connectivity index (χ0n) is 11.6. The minimum absolute atomic E-state index is 0.214. The summed E-state index contributed by atoms with van der Waals surface area (Å²) in [6.07, 6.45) is 1.91. The molecule has 0 spiro atoms. The van der Waals surface area contributed by atoms with Crippen LogP contribution in [-0.4, -0.2) is 11.6 Å². The van der Waals surface area contributed by atoms with Crippen molar-refractivity contribution in [3.05, 3.63) is 11.4 Å². The van der Waals surface area contributed by atoms with Crippen molar-refractivity contribution in [3.8, 4) is 0 Å². The van der Waals surface area contributed by atoms with Crippen molar-refractivity contribution < 1.29 is 13.9 Å². The fourth-order valence-corrected chi connectivity index (χ4v) is 4.81. The molecule has 3 nitrogen and oxygen atoms in total. The zero-order valence-corrected chi connectivity index (χ0v) is 14.1. The van der Waals surface area contributed by atoms with Gasteiger partial charge in [-0.15, -0.1) is 0 Å². The van der Waals surface area contributed by atoms with Crippen LogP contribution in [0.5, 0.6) is 0 Å². The Balaban J connectivity index is 3.28. The highest BCUT2D eigenvalue weighted by molar-refractivity contribution is 9.10. The summed E-state index contributed by atoms with van der Waals surface area (Å²) in [6.45, 7) is 12.1. The Labute approximate surface area is 113 Å². The monoisotopic (exact) mass is 324 g/mol. The van der Waals surface area contributed by atoms with Crippen LogP contribution in [0.2, 0.25) is 0 Å². The summed E-state index contributed by atoms with van der Waals surface area (Å²) in [5.41, 5.74) is -0.458. The normalized spacial score (nSPS) is 35.0. The topological polar surface area (TPSA) is 41.5 Å². The first kappa shape index (κ1) is 15.6. The molecule has 2 atom stereocenters. The zero-order chi connectivity index (χ0) is 13.7. The Bertz CT molecular complexity index is 343. The molecule has 0 radical (unpaired) electrons. The summed E-state index contributed by atoms with van der Waals surface area (Å²) in [5, 5.41) is 0.735. The quantitative estimate of drug-likeness (QED) is 0.543. The van der Waals surface area contributed by atoms with Gasteiger partial charge in [-0.1, -0.05) is 41.5 Å². The van der Waals surface area contributed by atoms with Gasteiger partial charge < -0.3 is 4.89 Å². The summed E-state index contributed by atoms with van der Waals surface area (Å²) >= 11 is 3.56. The van der Waals surface area contributed by atoms with Gasteiger partial charge in [-0.05, 0) is 15.9 Å². The molecule has 1 heterocycles. The van der Waals surface area contributed by atoms with Crippen LogP contribution < -0.4 is 4.89 Å². The van der Waals surface area contributed by atoms with Gasteiger partial charge >= 0.3 is 0 Å². The van der Waals surface area contributed by atoms with E-state index in [1.165, 1.54) is 7.11 Å². The van der Waals surface area contributed by atoms with E-state index in [0.717, 1.165) is 5.31 Å². The second-order valence-corrected chi connectivity index (χ2v) is 9.65. The fraction of sp³-hybridized carbons (Fsp3) is 0.833. The molecule has 0 aromatic heterocycles. The van der Waals surface area contributed by atoms with Crippen LogP contribution in [0.1, 0.15) is 41.5 Å². The van der Waals surface area contributed by atoms with Crippen molar-refractivity contribution in [3.63, 3.8) is 0 Å². The molecule has 0 fully saturated rings. The fourth-order valence-electron chi connectivity index (χ4n) is 1.62. The van der Waals surface area contributed by atoms with Crippen LogP contribution in [0, 0.1) is 10.8 Å². The molecule has 1 rings (SSSR count). The third-order valence-corrected chi connectivity index (χ3v) is 7.13. The summed E-state index contributed by atoms with van der Waals surface area (Å²) in [6, 6.07) is 0. The Kier molecular flexibility index (Phi) is 3.92. The van der Waals surface area contributed by atoms with Gasteiger partial charge in [0, 0.05) is 16.9 Å². The predicted molar refractivity (Wildman–Crippen MR) is 73.7 cm³/mol. The van der Waals surface area contributed by atoms with E-state index in [4.69, 9.17) is 9.05 Å². The van der Waals surface area contributed by atoms with Gasteiger partial charge in [0.25, 0.3) is 7.94 Å². The highest BCUT2D eigenvalue weighted by Crippen LogP contribution is 2.74. The minimum Gasteiger partial charge on any atom is -0.627 e. The summed E-state index contributed by atoms with van der Waals surface area (Å²) in [7, 11) is -1.75. The van der Waals surface area contributed by atoms with Crippen LogP contribution in [0.25, 0.3) is 0 Å².